The van der Waals surface area contributed by atoms with Crippen molar-refractivity contribution in [2.75, 3.05) is 33.8 Å². The van der Waals surface area contributed by atoms with E-state index in [4.69, 9.17) is 0 Å². The van der Waals surface area contributed by atoms with Gasteiger partial charge >= 0.3 is 6.09 Å². The molecule has 1 fully saturated rings. The van der Waals surface area contributed by atoms with E-state index in [1.165, 1.54) is 33.0 Å². The van der Waals surface area contributed by atoms with Gasteiger partial charge in [0.1, 0.15) is 0 Å². The van der Waals surface area contributed by atoms with Gasteiger partial charge in [0, 0.05) is 6.54 Å². The Bertz CT molecular complexity index is 177. The summed E-state index contributed by atoms with van der Waals surface area (Å²) in [5, 5.41) is 2.72. The minimum absolute atomic E-state index is 0.321. The number of ether oxygens (including phenoxy) is 1. The van der Waals surface area contributed by atoms with E-state index in [-0.39, 0.29) is 6.09 Å². The second kappa shape index (κ2) is 5.86. The Kier molecular flexibility index (Phi) is 4.73. The normalized spacial score (nSPS) is 19.3. The predicted octanol–water partition coefficient (Wildman–Crippen LogP) is 1.07. The number of nitrogens with zero attached hydrogens (tertiary/aromatic N) is 1. The van der Waals surface area contributed by atoms with Crippen molar-refractivity contribution in [3.63, 3.8) is 0 Å². The smallest absolute Gasteiger partial charge is 0.406 e. The second-order valence-corrected chi connectivity index (χ2v) is 3.95. The molecule has 0 bridgehead atoms. The highest BCUT2D eigenvalue weighted by atomic mass is 16.5. The van der Waals surface area contributed by atoms with Crippen LogP contribution in [0, 0.1) is 5.92 Å². The van der Waals surface area contributed by atoms with Gasteiger partial charge in [0.05, 0.1) is 7.11 Å². The van der Waals surface area contributed by atoms with Crippen molar-refractivity contribution in [2.45, 2.75) is 19.3 Å². The molecule has 0 radical (unpaired) electrons. The summed E-state index contributed by atoms with van der Waals surface area (Å²) >= 11 is 0. The number of likely N-dealkylation sites (tertiary alicyclic amines) is 1. The number of hydrogen-bond acceptors (Lipinski definition) is 3. The maximum Gasteiger partial charge on any atom is 0.406 e. The molecule has 0 aromatic rings. The summed E-state index contributed by atoms with van der Waals surface area (Å²) in [7, 11) is 3.55. The van der Waals surface area contributed by atoms with Crippen molar-refractivity contribution in [1.82, 2.24) is 10.2 Å². The molecule has 0 aromatic carbocycles. The Morgan fingerprint density at radius 2 is 2.14 bits per heavy atom. The van der Waals surface area contributed by atoms with Crippen LogP contribution in [0.15, 0.2) is 0 Å². The van der Waals surface area contributed by atoms with Crippen LogP contribution in [-0.4, -0.2) is 44.8 Å². The molecule has 0 aromatic heterocycles. The van der Waals surface area contributed by atoms with Crippen LogP contribution >= 0.6 is 0 Å². The molecular weight excluding hydrogens is 180 g/mol. The summed E-state index contributed by atoms with van der Waals surface area (Å²) in [5.74, 6) is 0.767. The highest BCUT2D eigenvalue weighted by Crippen LogP contribution is 2.18. The zero-order valence-electron chi connectivity index (χ0n) is 9.08. The molecule has 1 aliphatic heterocycles. The standard InChI is InChI=1S/C10H20N2O2/c1-12-7-4-9(5-8-12)3-6-11-10(13)14-2/h9H,3-8H2,1-2H3,(H,11,13). The number of nitrogens with one attached hydrogen (secondary N) is 1. The molecule has 0 spiro atoms. The zero-order chi connectivity index (χ0) is 10.4. The van der Waals surface area contributed by atoms with E-state index in [0.717, 1.165) is 18.9 Å². The van der Waals surface area contributed by atoms with E-state index < -0.39 is 0 Å². The van der Waals surface area contributed by atoms with Gasteiger partial charge in [0.15, 0.2) is 0 Å². The molecule has 0 unspecified atom stereocenters. The van der Waals surface area contributed by atoms with E-state index in [9.17, 15) is 4.79 Å². The van der Waals surface area contributed by atoms with Crippen LogP contribution < -0.4 is 5.32 Å². The first kappa shape index (κ1) is 11.3. The monoisotopic (exact) mass is 200 g/mol. The van der Waals surface area contributed by atoms with Crippen molar-refractivity contribution in [2.24, 2.45) is 5.92 Å². The number of piperidine rings is 1. The van der Waals surface area contributed by atoms with Crippen LogP contribution in [0.4, 0.5) is 4.79 Å². The number of alkyl carbamates (subject to hydrolysis) is 1. The SMILES string of the molecule is COC(=O)NCCC1CCN(C)CC1. The van der Waals surface area contributed by atoms with E-state index >= 15 is 0 Å². The molecule has 82 valence electrons. The quantitative estimate of drug-likeness (QED) is 0.741. The first-order valence-corrected chi connectivity index (χ1v) is 5.22. The average Bonchev–Trinajstić information content (AvgIpc) is 2.21. The van der Waals surface area contributed by atoms with Crippen molar-refractivity contribution in [3.8, 4) is 0 Å². The average molecular weight is 200 g/mol. The van der Waals surface area contributed by atoms with Gasteiger partial charge in [-0.3, -0.25) is 0 Å². The first-order valence-electron chi connectivity index (χ1n) is 5.22. The Hall–Kier alpha value is -0.770. The van der Waals surface area contributed by atoms with Gasteiger partial charge in [-0.15, -0.1) is 0 Å². The molecular formula is C10H20N2O2. The van der Waals surface area contributed by atoms with Crippen LogP contribution in [0.1, 0.15) is 19.3 Å². The number of methoxy groups -OCH3 is 1. The Morgan fingerprint density at radius 3 is 2.71 bits per heavy atom. The summed E-state index contributed by atoms with van der Waals surface area (Å²) in [6, 6.07) is 0. The summed E-state index contributed by atoms with van der Waals surface area (Å²) in [5.41, 5.74) is 0. The van der Waals surface area contributed by atoms with Crippen molar-refractivity contribution in [3.05, 3.63) is 0 Å². The van der Waals surface area contributed by atoms with E-state index in [2.05, 4.69) is 22.0 Å². The number of carbonyl (C=O) groups excluding carboxylic acids is 1. The molecule has 1 amide bonds. The Labute approximate surface area is 85.6 Å². The lowest BCUT2D eigenvalue weighted by atomic mass is 9.94. The number of carbonyl (C=O) groups is 1. The van der Waals surface area contributed by atoms with E-state index in [0.29, 0.717) is 0 Å². The maximum absolute atomic E-state index is 10.8. The van der Waals surface area contributed by atoms with Crippen LogP contribution in [0.2, 0.25) is 0 Å². The molecule has 1 saturated heterocycles. The van der Waals surface area contributed by atoms with Crippen molar-refractivity contribution >= 4 is 6.09 Å². The van der Waals surface area contributed by atoms with Gasteiger partial charge in [0.25, 0.3) is 0 Å². The molecule has 0 aliphatic carbocycles. The molecule has 4 nitrogen and oxygen atoms in total. The minimum Gasteiger partial charge on any atom is -0.453 e. The van der Waals surface area contributed by atoms with Crippen LogP contribution in [0.25, 0.3) is 0 Å². The molecule has 0 saturated carbocycles. The van der Waals surface area contributed by atoms with Gasteiger partial charge in [-0.1, -0.05) is 0 Å². The van der Waals surface area contributed by atoms with Gasteiger partial charge in [0.2, 0.25) is 0 Å². The highest BCUT2D eigenvalue weighted by Gasteiger charge is 2.16. The molecule has 1 N–H and O–H groups in total. The van der Waals surface area contributed by atoms with Crippen LogP contribution in [-0.2, 0) is 4.74 Å². The maximum atomic E-state index is 10.8. The molecule has 14 heavy (non-hydrogen) atoms. The fraction of sp³-hybridized carbons (Fsp3) is 0.900. The molecule has 1 aliphatic rings. The summed E-state index contributed by atoms with van der Waals surface area (Å²) < 4.78 is 4.50. The number of amides is 1. The predicted molar refractivity (Wildman–Crippen MR) is 55.2 cm³/mol. The molecule has 0 atom stereocenters. The molecule has 1 heterocycles. The minimum atomic E-state index is -0.321. The third kappa shape index (κ3) is 3.96. The van der Waals surface area contributed by atoms with E-state index in [1.54, 1.807) is 0 Å². The van der Waals surface area contributed by atoms with Crippen molar-refractivity contribution in [1.29, 1.82) is 0 Å². The third-order valence-corrected chi connectivity index (χ3v) is 2.85. The lowest BCUT2D eigenvalue weighted by molar-refractivity contribution is 0.168. The van der Waals surface area contributed by atoms with Gasteiger partial charge in [-0.25, -0.2) is 4.79 Å². The Morgan fingerprint density at radius 1 is 1.50 bits per heavy atom. The highest BCUT2D eigenvalue weighted by molar-refractivity contribution is 5.66. The topological polar surface area (TPSA) is 41.6 Å². The third-order valence-electron chi connectivity index (χ3n) is 2.85. The largest absolute Gasteiger partial charge is 0.453 e. The Balaban J connectivity index is 2.04. The number of hydrogen-bond donors (Lipinski definition) is 1. The zero-order valence-corrected chi connectivity index (χ0v) is 9.08. The summed E-state index contributed by atoms with van der Waals surface area (Å²) in [4.78, 5) is 13.1. The lowest BCUT2D eigenvalue weighted by Gasteiger charge is -2.28. The van der Waals surface area contributed by atoms with E-state index in [1.807, 2.05) is 0 Å². The second-order valence-electron chi connectivity index (χ2n) is 3.95. The fourth-order valence-corrected chi connectivity index (χ4v) is 1.80. The lowest BCUT2D eigenvalue weighted by Crippen LogP contribution is -2.32. The van der Waals surface area contributed by atoms with Gasteiger partial charge in [-0.2, -0.15) is 0 Å². The van der Waals surface area contributed by atoms with Crippen LogP contribution in [0.3, 0.4) is 0 Å². The summed E-state index contributed by atoms with van der Waals surface area (Å²) in [6.45, 7) is 3.10. The first-order chi connectivity index (χ1) is 6.72. The fourth-order valence-electron chi connectivity index (χ4n) is 1.80. The number of rotatable bonds is 3. The molecule has 4 heteroatoms. The van der Waals surface area contributed by atoms with Gasteiger partial charge in [-0.05, 0) is 45.3 Å². The van der Waals surface area contributed by atoms with Crippen molar-refractivity contribution < 1.29 is 9.53 Å². The molecule has 1 rings (SSSR count). The van der Waals surface area contributed by atoms with Gasteiger partial charge < -0.3 is 15.0 Å². The summed E-state index contributed by atoms with van der Waals surface area (Å²) in [6.07, 6.45) is 3.25. The van der Waals surface area contributed by atoms with Crippen LogP contribution in [0.5, 0.6) is 0 Å².